The van der Waals surface area contributed by atoms with E-state index in [9.17, 15) is 9.59 Å². The van der Waals surface area contributed by atoms with Gasteiger partial charge >= 0.3 is 5.97 Å². The molecule has 1 amide bonds. The molecule has 28 heavy (non-hydrogen) atoms. The van der Waals surface area contributed by atoms with E-state index in [-0.39, 0.29) is 17.1 Å². The number of carbonyl (C=O) groups is 2. The molecule has 3 atom stereocenters. The summed E-state index contributed by atoms with van der Waals surface area (Å²) in [6.07, 6.45) is -0.550. The number of benzene rings is 2. The van der Waals surface area contributed by atoms with Crippen molar-refractivity contribution < 1.29 is 14.3 Å². The van der Waals surface area contributed by atoms with Crippen molar-refractivity contribution in [1.29, 1.82) is 0 Å². The molecule has 1 spiro atoms. The summed E-state index contributed by atoms with van der Waals surface area (Å²) in [5.74, 6) is 0.0330. The zero-order valence-electron chi connectivity index (χ0n) is 16.1. The average Bonchev–Trinajstić information content (AvgIpc) is 3.17. The third-order valence-corrected chi connectivity index (χ3v) is 6.89. The highest BCUT2D eigenvalue weighted by atomic mass is 32.2. The number of carbonyl (C=O) groups excluding carboxylic acids is 2. The summed E-state index contributed by atoms with van der Waals surface area (Å²) < 4.78 is 5.66. The van der Waals surface area contributed by atoms with E-state index < -0.39 is 11.5 Å². The number of aryl methyl sites for hydroxylation is 1. The normalized spacial score (nSPS) is 26.6. The van der Waals surface area contributed by atoms with Gasteiger partial charge < -0.3 is 4.74 Å². The summed E-state index contributed by atoms with van der Waals surface area (Å²) in [7, 11) is 0. The summed E-state index contributed by atoms with van der Waals surface area (Å²) in [5.41, 5.74) is 2.60. The SMILES string of the molecule is CC(=O)O[C@@H]1CS[C@H](c2ccc(C)cc2)[C@@]12C(=O)N(c1ccccc1)N=C2C. The first-order valence-electron chi connectivity index (χ1n) is 9.25. The van der Waals surface area contributed by atoms with Crippen molar-refractivity contribution >= 4 is 35.0 Å². The number of anilines is 1. The number of ether oxygens (including phenoxy) is 1. The van der Waals surface area contributed by atoms with Crippen molar-refractivity contribution in [2.75, 3.05) is 10.8 Å². The molecule has 2 aromatic rings. The third kappa shape index (κ3) is 2.83. The van der Waals surface area contributed by atoms with E-state index in [4.69, 9.17) is 4.74 Å². The van der Waals surface area contributed by atoms with Crippen LogP contribution in [0.25, 0.3) is 0 Å². The minimum Gasteiger partial charge on any atom is -0.460 e. The largest absolute Gasteiger partial charge is 0.460 e. The van der Waals surface area contributed by atoms with Crippen molar-refractivity contribution in [2.24, 2.45) is 10.5 Å². The van der Waals surface area contributed by atoms with Gasteiger partial charge in [0.15, 0.2) is 0 Å². The Kier molecular flexibility index (Phi) is 4.75. The van der Waals surface area contributed by atoms with Crippen LogP contribution in [-0.2, 0) is 14.3 Å². The van der Waals surface area contributed by atoms with E-state index in [0.29, 0.717) is 17.2 Å². The summed E-state index contributed by atoms with van der Waals surface area (Å²) in [5, 5.41) is 5.91. The van der Waals surface area contributed by atoms with Gasteiger partial charge in [-0.1, -0.05) is 48.0 Å². The Bertz CT molecular complexity index is 942. The van der Waals surface area contributed by atoms with Crippen molar-refractivity contribution in [3.05, 3.63) is 65.7 Å². The molecular formula is C22H22N2O3S. The Balaban J connectivity index is 1.82. The molecule has 0 radical (unpaired) electrons. The number of para-hydroxylation sites is 1. The highest BCUT2D eigenvalue weighted by molar-refractivity contribution is 8.00. The predicted molar refractivity (Wildman–Crippen MR) is 111 cm³/mol. The minimum absolute atomic E-state index is 0.141. The zero-order valence-corrected chi connectivity index (χ0v) is 16.9. The Morgan fingerprint density at radius 3 is 2.46 bits per heavy atom. The zero-order chi connectivity index (χ0) is 19.9. The topological polar surface area (TPSA) is 59.0 Å². The van der Waals surface area contributed by atoms with Crippen molar-refractivity contribution in [3.8, 4) is 0 Å². The van der Waals surface area contributed by atoms with Crippen molar-refractivity contribution in [3.63, 3.8) is 0 Å². The van der Waals surface area contributed by atoms with Crippen LogP contribution in [0.2, 0.25) is 0 Å². The molecular weight excluding hydrogens is 372 g/mol. The van der Waals surface area contributed by atoms with Gasteiger partial charge in [0.2, 0.25) is 0 Å². The number of rotatable bonds is 3. The van der Waals surface area contributed by atoms with Gasteiger partial charge in [-0.3, -0.25) is 9.59 Å². The lowest BCUT2D eigenvalue weighted by Crippen LogP contribution is -2.50. The molecule has 144 valence electrons. The van der Waals surface area contributed by atoms with Crippen LogP contribution < -0.4 is 5.01 Å². The molecule has 2 aromatic carbocycles. The highest BCUT2D eigenvalue weighted by Gasteiger charge is 2.65. The monoisotopic (exact) mass is 394 g/mol. The lowest BCUT2D eigenvalue weighted by molar-refractivity contribution is -0.151. The van der Waals surface area contributed by atoms with Crippen LogP contribution in [0.4, 0.5) is 5.69 Å². The molecule has 4 rings (SSSR count). The van der Waals surface area contributed by atoms with Gasteiger partial charge in [0.1, 0.15) is 11.5 Å². The van der Waals surface area contributed by atoms with E-state index in [0.717, 1.165) is 11.1 Å². The molecule has 2 aliphatic heterocycles. The van der Waals surface area contributed by atoms with Crippen LogP contribution >= 0.6 is 11.8 Å². The third-order valence-electron chi connectivity index (χ3n) is 5.42. The van der Waals surface area contributed by atoms with E-state index in [1.165, 1.54) is 11.9 Å². The van der Waals surface area contributed by atoms with Gasteiger partial charge in [-0.15, -0.1) is 11.8 Å². The number of esters is 1. The first kappa shape index (κ1) is 18.7. The van der Waals surface area contributed by atoms with Gasteiger partial charge in [-0.2, -0.15) is 10.1 Å². The second kappa shape index (κ2) is 7.09. The summed E-state index contributed by atoms with van der Waals surface area (Å²) in [4.78, 5) is 25.6. The van der Waals surface area contributed by atoms with Crippen LogP contribution in [0.3, 0.4) is 0 Å². The lowest BCUT2D eigenvalue weighted by Gasteiger charge is -2.33. The van der Waals surface area contributed by atoms with E-state index >= 15 is 0 Å². The van der Waals surface area contributed by atoms with E-state index in [1.54, 1.807) is 11.8 Å². The van der Waals surface area contributed by atoms with Crippen LogP contribution in [0.15, 0.2) is 59.7 Å². The maximum atomic E-state index is 13.8. The number of hydrazone groups is 1. The highest BCUT2D eigenvalue weighted by Crippen LogP contribution is 2.58. The van der Waals surface area contributed by atoms with Crippen LogP contribution in [0.1, 0.15) is 30.2 Å². The smallest absolute Gasteiger partial charge is 0.302 e. The fourth-order valence-corrected chi connectivity index (χ4v) is 5.80. The molecule has 0 N–H and O–H groups in total. The van der Waals surface area contributed by atoms with Crippen LogP contribution in [0.5, 0.6) is 0 Å². The molecule has 2 aliphatic rings. The molecule has 1 saturated heterocycles. The number of amides is 1. The minimum atomic E-state index is -0.999. The molecule has 0 aromatic heterocycles. The van der Waals surface area contributed by atoms with Gasteiger partial charge in [0, 0.05) is 12.7 Å². The van der Waals surface area contributed by atoms with Crippen LogP contribution in [0, 0.1) is 12.3 Å². The number of nitrogens with zero attached hydrogens (tertiary/aromatic N) is 2. The lowest BCUT2D eigenvalue weighted by atomic mass is 9.73. The Labute approximate surface area is 168 Å². The summed E-state index contributed by atoms with van der Waals surface area (Å²) >= 11 is 1.65. The Morgan fingerprint density at radius 2 is 1.82 bits per heavy atom. The molecule has 2 heterocycles. The number of hydrogen-bond donors (Lipinski definition) is 0. The Hall–Kier alpha value is -2.60. The Morgan fingerprint density at radius 1 is 1.14 bits per heavy atom. The molecule has 0 aliphatic carbocycles. The number of hydrogen-bond acceptors (Lipinski definition) is 5. The standard InChI is InChI=1S/C22H22N2O3S/c1-14-9-11-17(12-10-14)20-22(19(13-28-20)27-16(3)25)15(2)23-24(21(22)26)18-7-5-4-6-8-18/h4-12,19-20H,13H2,1-3H3/t19-,20-,22+/m1/s1. The van der Waals surface area contributed by atoms with Crippen LogP contribution in [-0.4, -0.2) is 29.4 Å². The quantitative estimate of drug-likeness (QED) is 0.735. The maximum Gasteiger partial charge on any atom is 0.302 e. The molecule has 0 unspecified atom stereocenters. The van der Waals surface area contributed by atoms with Crippen molar-refractivity contribution in [2.45, 2.75) is 32.1 Å². The second-order valence-corrected chi connectivity index (χ2v) is 8.37. The molecule has 0 saturated carbocycles. The number of thioether (sulfide) groups is 1. The maximum absolute atomic E-state index is 13.8. The van der Waals surface area contributed by atoms with Crippen molar-refractivity contribution in [1.82, 2.24) is 0 Å². The molecule has 5 nitrogen and oxygen atoms in total. The van der Waals surface area contributed by atoms with E-state index in [1.807, 2.05) is 56.3 Å². The predicted octanol–water partition coefficient (Wildman–Crippen LogP) is 4.12. The van der Waals surface area contributed by atoms with Gasteiger partial charge in [0.05, 0.1) is 16.6 Å². The average molecular weight is 394 g/mol. The first-order valence-corrected chi connectivity index (χ1v) is 10.3. The fraction of sp³-hybridized carbons (Fsp3) is 0.318. The van der Waals surface area contributed by atoms with Gasteiger partial charge in [-0.05, 0) is 31.5 Å². The summed E-state index contributed by atoms with van der Waals surface area (Å²) in [6.45, 7) is 5.29. The molecule has 1 fully saturated rings. The van der Waals surface area contributed by atoms with Gasteiger partial charge in [-0.25, -0.2) is 0 Å². The first-order chi connectivity index (χ1) is 13.4. The molecule has 6 heteroatoms. The van der Waals surface area contributed by atoms with E-state index in [2.05, 4.69) is 17.2 Å². The summed E-state index contributed by atoms with van der Waals surface area (Å²) in [6, 6.07) is 17.6. The second-order valence-electron chi connectivity index (χ2n) is 7.23. The fourth-order valence-electron chi connectivity index (χ4n) is 4.07. The molecule has 0 bridgehead atoms. The van der Waals surface area contributed by atoms with Gasteiger partial charge in [0.25, 0.3) is 5.91 Å².